The van der Waals surface area contributed by atoms with Crippen LogP contribution in [0.25, 0.3) is 0 Å². The van der Waals surface area contributed by atoms with E-state index in [-0.39, 0.29) is 17.6 Å². The largest absolute Gasteiger partial charge is 0.358 e. The predicted molar refractivity (Wildman–Crippen MR) is 73.4 cm³/mol. The van der Waals surface area contributed by atoms with Crippen molar-refractivity contribution < 1.29 is 20.3 Å². The number of hydrogen-bond acceptors (Lipinski definition) is 2. The first-order chi connectivity index (χ1) is 9.54. The molecule has 110 valence electrons. The number of unbranched alkanes of at least 4 members (excludes halogenated alkanes) is 2. The number of carbonyl (C=O) groups is 2. The molecule has 1 aromatic rings. The highest BCUT2D eigenvalue weighted by atomic mass is 16.2. The normalized spacial score (nSPS) is 10.1. The highest BCUT2D eigenvalue weighted by molar-refractivity contribution is 5.95. The third-order valence-electron chi connectivity index (χ3n) is 2.65. The van der Waals surface area contributed by atoms with E-state index in [0.29, 0.717) is 12.2 Å². The van der Waals surface area contributed by atoms with Crippen LogP contribution in [0.2, 0.25) is 0 Å². The van der Waals surface area contributed by atoms with Crippen LogP contribution in [0.15, 0.2) is 12.1 Å². The van der Waals surface area contributed by atoms with Crippen molar-refractivity contribution >= 4 is 17.8 Å². The van der Waals surface area contributed by atoms with Gasteiger partial charge in [0.2, 0.25) is 0 Å². The van der Waals surface area contributed by atoms with Crippen LogP contribution < -0.4 is 27.5 Å². The molecule has 0 unspecified atom stereocenters. The highest BCUT2D eigenvalue weighted by Crippen LogP contribution is 2.01. The van der Waals surface area contributed by atoms with Gasteiger partial charge in [0.05, 0.1) is 6.54 Å². The van der Waals surface area contributed by atoms with E-state index < -0.39 is 5.91 Å². The number of aromatic nitrogens is 1. The molecule has 8 nitrogen and oxygen atoms in total. The number of H-pyrrole nitrogens is 1. The lowest BCUT2D eigenvalue weighted by atomic mass is 10.2. The zero-order valence-electron chi connectivity index (χ0n) is 11.4. The topological polar surface area (TPSA) is 156 Å². The first-order valence-corrected chi connectivity index (χ1v) is 6.50. The molecule has 0 bridgehead atoms. The van der Waals surface area contributed by atoms with E-state index in [1.54, 1.807) is 0 Å². The Bertz CT molecular complexity index is 490. The zero-order valence-corrected chi connectivity index (χ0v) is 11.4. The fourth-order valence-corrected chi connectivity index (χ4v) is 1.63. The Balaban J connectivity index is 2.48. The number of nitrogens with two attached hydrogens (primary N) is 2. The van der Waals surface area contributed by atoms with Crippen molar-refractivity contribution in [1.29, 1.82) is 0 Å². The molecule has 10 N–H and O–H groups in total. The molecule has 0 radical (unpaired) electrons. The second kappa shape index (κ2) is 7.95. The first-order valence-electron chi connectivity index (χ1n) is 6.50. The van der Waals surface area contributed by atoms with Crippen LogP contribution in [-0.2, 0) is 0 Å². The molecule has 0 aliphatic heterocycles. The van der Waals surface area contributed by atoms with Crippen LogP contribution in [0.3, 0.4) is 0 Å². The van der Waals surface area contributed by atoms with E-state index >= 15 is 0 Å². The summed E-state index contributed by atoms with van der Waals surface area (Å²) in [6.07, 6.45) is 3.00. The monoisotopic (exact) mass is 282 g/mol. The molecule has 0 saturated heterocycles. The summed E-state index contributed by atoms with van der Waals surface area (Å²) < 4.78 is 0. The highest BCUT2D eigenvalue weighted by Gasteiger charge is 2.13. The van der Waals surface area contributed by atoms with E-state index in [0.717, 1.165) is 25.8 Å². The van der Waals surface area contributed by atoms with Crippen LogP contribution >= 0.6 is 0 Å². The van der Waals surface area contributed by atoms with Gasteiger partial charge >= 0.3 is 11.9 Å². The molecule has 1 heterocycles. The van der Waals surface area contributed by atoms with E-state index in [2.05, 4.69) is 21.0 Å². The van der Waals surface area contributed by atoms with Gasteiger partial charge < -0.3 is 16.0 Å². The fourth-order valence-electron chi connectivity index (χ4n) is 1.63. The number of hydrogen-bond donors (Lipinski definition) is 6. The predicted octanol–water partition coefficient (Wildman–Crippen LogP) is -3.35. The van der Waals surface area contributed by atoms with E-state index in [1.807, 2.05) is 0 Å². The Kier molecular flexibility index (Phi) is 6.24. The summed E-state index contributed by atoms with van der Waals surface area (Å²) in [7, 11) is 0. The summed E-state index contributed by atoms with van der Waals surface area (Å²) in [5.41, 5.74) is 14.6. The molecular weight excluding hydrogens is 260 g/mol. The number of guanidine groups is 1. The van der Waals surface area contributed by atoms with E-state index in [9.17, 15) is 9.59 Å². The Morgan fingerprint density at radius 3 is 2.55 bits per heavy atom. The molecule has 0 spiro atoms. The Labute approximate surface area is 116 Å². The maximum atomic E-state index is 11.8. The number of quaternary nitrogens is 1. The van der Waals surface area contributed by atoms with Gasteiger partial charge in [0.25, 0.3) is 5.91 Å². The Hall–Kier alpha value is -2.35. The standard InChI is InChI=1S/C12H20N6O2/c13-6-2-1-3-7-16-10(19)8-4-5-9(17-8)11(20)18-12(14)15/h4-5,17H,1-3,6-7,13H2,(H,16,19)(H4,14,15,18,20)/p+2. The second-order valence-corrected chi connectivity index (χ2v) is 4.37. The molecule has 1 rings (SSSR count). The van der Waals surface area contributed by atoms with Crippen LogP contribution in [0.4, 0.5) is 0 Å². The molecule has 0 aliphatic carbocycles. The average Bonchev–Trinajstić information content (AvgIpc) is 2.87. The molecule has 2 amide bonds. The average molecular weight is 282 g/mol. The first kappa shape index (κ1) is 15.7. The molecule has 0 fully saturated rings. The Morgan fingerprint density at radius 2 is 1.90 bits per heavy atom. The zero-order chi connectivity index (χ0) is 15.0. The fraction of sp³-hybridized carbons (Fsp3) is 0.417. The molecule has 0 aliphatic rings. The van der Waals surface area contributed by atoms with Gasteiger partial charge in [0, 0.05) is 6.54 Å². The smallest absolute Gasteiger partial charge is 0.346 e. The lowest BCUT2D eigenvalue weighted by Gasteiger charge is -2.02. The maximum Gasteiger partial charge on any atom is 0.346 e. The summed E-state index contributed by atoms with van der Waals surface area (Å²) in [5, 5.41) is 2.77. The van der Waals surface area contributed by atoms with Gasteiger partial charge in [-0.15, -0.1) is 0 Å². The van der Waals surface area contributed by atoms with Gasteiger partial charge in [-0.25, -0.2) is 9.79 Å². The van der Waals surface area contributed by atoms with Crippen LogP contribution in [0.5, 0.6) is 0 Å². The minimum atomic E-state index is -0.487. The summed E-state index contributed by atoms with van der Waals surface area (Å²) in [6.45, 7) is 1.51. The maximum absolute atomic E-state index is 11.8. The minimum Gasteiger partial charge on any atom is -0.358 e. The molecule has 0 atom stereocenters. The van der Waals surface area contributed by atoms with Gasteiger partial charge in [-0.2, -0.15) is 0 Å². The van der Waals surface area contributed by atoms with Crippen molar-refractivity contribution in [3.8, 4) is 0 Å². The third kappa shape index (κ3) is 5.11. The van der Waals surface area contributed by atoms with Gasteiger partial charge in [0.1, 0.15) is 11.4 Å². The molecule has 0 saturated carbocycles. The molecule has 8 heteroatoms. The van der Waals surface area contributed by atoms with Crippen molar-refractivity contribution in [2.75, 3.05) is 13.1 Å². The number of carbonyl (C=O) groups excluding carboxylic acids is 2. The van der Waals surface area contributed by atoms with E-state index in [4.69, 9.17) is 11.5 Å². The van der Waals surface area contributed by atoms with Gasteiger partial charge in [-0.1, -0.05) is 0 Å². The van der Waals surface area contributed by atoms with Crippen molar-refractivity contribution in [2.45, 2.75) is 19.3 Å². The quantitative estimate of drug-likeness (QED) is 0.175. The van der Waals surface area contributed by atoms with Crippen molar-refractivity contribution in [3.05, 3.63) is 23.5 Å². The summed E-state index contributed by atoms with van der Waals surface area (Å²) >= 11 is 0. The number of aromatic amines is 1. The van der Waals surface area contributed by atoms with Gasteiger partial charge in [-0.05, 0) is 31.4 Å². The van der Waals surface area contributed by atoms with Crippen LogP contribution in [-0.4, -0.2) is 35.8 Å². The lowest BCUT2D eigenvalue weighted by molar-refractivity contribution is -0.368. The van der Waals surface area contributed by atoms with Crippen LogP contribution in [0.1, 0.15) is 40.2 Å². The molecular formula is C12H22N6O2+2. The number of amides is 2. The van der Waals surface area contributed by atoms with Crippen molar-refractivity contribution in [3.63, 3.8) is 0 Å². The summed E-state index contributed by atoms with van der Waals surface area (Å²) in [6, 6.07) is 3.03. The van der Waals surface area contributed by atoms with Crippen LogP contribution in [0, 0.1) is 0 Å². The van der Waals surface area contributed by atoms with Crippen molar-refractivity contribution in [1.82, 2.24) is 10.3 Å². The Morgan fingerprint density at radius 1 is 1.20 bits per heavy atom. The SMILES string of the molecule is NC(N)=[NH+]C(=O)c1ccc(C(=O)NCCCCC[NH3+])[nH]1. The molecule has 0 aromatic carbocycles. The second-order valence-electron chi connectivity index (χ2n) is 4.37. The van der Waals surface area contributed by atoms with Gasteiger partial charge in [-0.3, -0.25) is 16.3 Å². The lowest BCUT2D eigenvalue weighted by Crippen LogP contribution is -2.81. The number of rotatable bonds is 7. The van der Waals surface area contributed by atoms with Gasteiger partial charge in [0.15, 0.2) is 0 Å². The summed E-state index contributed by atoms with van der Waals surface area (Å²) in [5.74, 6) is -0.927. The van der Waals surface area contributed by atoms with E-state index in [1.165, 1.54) is 12.1 Å². The van der Waals surface area contributed by atoms with Crippen molar-refractivity contribution in [2.24, 2.45) is 11.5 Å². The number of nitrogens with one attached hydrogen (secondary N) is 3. The molecule has 1 aromatic heterocycles. The molecule has 20 heavy (non-hydrogen) atoms. The third-order valence-corrected chi connectivity index (χ3v) is 2.65. The summed E-state index contributed by atoms with van der Waals surface area (Å²) in [4.78, 5) is 28.3. The minimum absolute atomic E-state index is 0.194.